The molecular weight excluding hydrogens is 514 g/mol. The van der Waals surface area contributed by atoms with Crippen molar-refractivity contribution in [1.82, 2.24) is 21.2 Å². The van der Waals surface area contributed by atoms with Crippen molar-refractivity contribution in [2.24, 2.45) is 29.4 Å². The van der Waals surface area contributed by atoms with E-state index in [1.807, 2.05) is 70.2 Å². The van der Waals surface area contributed by atoms with Crippen molar-refractivity contribution >= 4 is 29.8 Å². The number of carbonyl (C=O) groups is 4. The molecule has 1 aliphatic rings. The van der Waals surface area contributed by atoms with E-state index < -0.39 is 41.9 Å². The Morgan fingerprint density at radius 1 is 1.05 bits per heavy atom. The number of nitrogens with two attached hydrogens (primary N) is 1. The minimum Gasteiger partial charge on any atom is -0.352 e. The van der Waals surface area contributed by atoms with Gasteiger partial charge in [-0.25, -0.2) is 15.1 Å². The van der Waals surface area contributed by atoms with Crippen LogP contribution in [0.2, 0.25) is 0 Å². The predicted octanol–water partition coefficient (Wildman–Crippen LogP) is 3.13. The minimum atomic E-state index is -0.842. The number of carbonyl (C=O) groups excluding carboxylic acids is 4. The number of hydroxylamine groups is 1. The largest absolute Gasteiger partial charge is 0.352 e. The van der Waals surface area contributed by atoms with Gasteiger partial charge >= 0.3 is 6.03 Å². The normalized spacial score (nSPS) is 16.9. The molecule has 1 saturated heterocycles. The fourth-order valence-electron chi connectivity index (χ4n) is 4.38. The molecule has 0 spiro atoms. The zero-order chi connectivity index (χ0) is 29.5. The monoisotopic (exact) mass is 559 g/mol. The van der Waals surface area contributed by atoms with Gasteiger partial charge in [0.05, 0.1) is 11.8 Å². The second-order valence-electron chi connectivity index (χ2n) is 10.9. The smallest absolute Gasteiger partial charge is 0.312 e. The molecule has 0 aliphatic carbocycles. The molecule has 0 bridgehead atoms. The van der Waals surface area contributed by atoms with Crippen LogP contribution in [0.15, 0.2) is 36.4 Å². The molecule has 11 heteroatoms. The number of hydrogen-bond donors (Lipinski definition) is 4. The summed E-state index contributed by atoms with van der Waals surface area (Å²) in [4.78, 5) is 56.7. The van der Waals surface area contributed by atoms with Crippen LogP contribution in [0, 0.1) is 23.7 Å². The molecule has 3 atom stereocenters. The Bertz CT molecular complexity index is 978. The number of rotatable bonds is 14. The fourth-order valence-corrected chi connectivity index (χ4v) is 4.38. The topological polar surface area (TPSA) is 152 Å². The molecular formula is C29H45N5O6. The van der Waals surface area contributed by atoms with Crippen LogP contribution in [0.3, 0.4) is 0 Å². The third-order valence-corrected chi connectivity index (χ3v) is 6.32. The van der Waals surface area contributed by atoms with Gasteiger partial charge in [-0.1, -0.05) is 70.2 Å². The molecule has 5 N–H and O–H groups in total. The van der Waals surface area contributed by atoms with Crippen LogP contribution in [-0.2, 0) is 24.0 Å². The highest BCUT2D eigenvalue weighted by molar-refractivity contribution is 5.90. The molecule has 1 aromatic carbocycles. The zero-order valence-electron chi connectivity index (χ0n) is 24.1. The lowest BCUT2D eigenvalue weighted by atomic mass is 9.82. The summed E-state index contributed by atoms with van der Waals surface area (Å²) in [5.41, 5.74) is 11.3. The molecule has 0 aromatic heterocycles. The number of nitrogens with zero attached hydrogens (tertiary/aromatic N) is 1. The van der Waals surface area contributed by atoms with Crippen molar-refractivity contribution in [3.63, 3.8) is 0 Å². The maximum absolute atomic E-state index is 13.7. The van der Waals surface area contributed by atoms with Gasteiger partial charge in [-0.15, -0.1) is 0 Å². The van der Waals surface area contributed by atoms with E-state index in [9.17, 15) is 19.2 Å². The van der Waals surface area contributed by atoms with E-state index in [1.165, 1.54) is 5.01 Å². The van der Waals surface area contributed by atoms with E-state index in [4.69, 9.17) is 15.3 Å². The Balaban J connectivity index is 2.27. The summed E-state index contributed by atoms with van der Waals surface area (Å²) < 4.78 is 5.56. The zero-order valence-corrected chi connectivity index (χ0v) is 24.1. The van der Waals surface area contributed by atoms with Gasteiger partial charge in [-0.3, -0.25) is 24.8 Å². The molecule has 11 nitrogen and oxygen atoms in total. The van der Waals surface area contributed by atoms with Crippen LogP contribution >= 0.6 is 0 Å². The number of primary amides is 1. The van der Waals surface area contributed by atoms with Gasteiger partial charge in [-0.05, 0) is 43.1 Å². The molecule has 2 rings (SSSR count). The van der Waals surface area contributed by atoms with Crippen LogP contribution in [-0.4, -0.2) is 54.7 Å². The Labute approximate surface area is 237 Å². The van der Waals surface area contributed by atoms with Gasteiger partial charge in [-0.2, -0.15) is 0 Å². The van der Waals surface area contributed by atoms with Gasteiger partial charge < -0.3 is 15.8 Å². The second kappa shape index (κ2) is 17.3. The van der Waals surface area contributed by atoms with Crippen LogP contribution < -0.4 is 22.0 Å². The van der Waals surface area contributed by atoms with Gasteiger partial charge in [0.1, 0.15) is 6.54 Å². The average Bonchev–Trinajstić information content (AvgIpc) is 2.92. The van der Waals surface area contributed by atoms with Crippen molar-refractivity contribution in [3.05, 3.63) is 42.0 Å². The number of allylic oxidation sites excluding steroid dienone is 1. The summed E-state index contributed by atoms with van der Waals surface area (Å²) >= 11 is 0. The first kappa shape index (κ1) is 32.8. The van der Waals surface area contributed by atoms with Crippen molar-refractivity contribution in [2.75, 3.05) is 19.7 Å². The number of urea groups is 1. The standard InChI is InChI=1S/C29H45N5O6/c1-20(2)17-24(27(36)32-34(19-21(3)4)25(35)18-31-29(30)38)23(14-10-13-22-11-6-5-7-12-22)28(37)33-40-26-15-8-9-16-39-26/h5-7,10-13,20-21,23-24,26H,8-9,14-19H2,1-4H3,(H,32,36)(H,33,37)(H3,30,31,38)/b13-10+/t23-,24+,26?/m0/s1. The van der Waals surface area contributed by atoms with Crippen molar-refractivity contribution in [2.45, 2.75) is 66.1 Å². The van der Waals surface area contributed by atoms with Crippen LogP contribution in [0.1, 0.15) is 65.4 Å². The van der Waals surface area contributed by atoms with E-state index in [0.717, 1.165) is 18.4 Å². The van der Waals surface area contributed by atoms with Crippen LogP contribution in [0.25, 0.3) is 6.08 Å². The maximum Gasteiger partial charge on any atom is 0.312 e. The third-order valence-electron chi connectivity index (χ3n) is 6.32. The number of hydrazine groups is 1. The first-order valence-corrected chi connectivity index (χ1v) is 14.0. The molecule has 5 amide bonds. The molecule has 222 valence electrons. The minimum absolute atomic E-state index is 0.0261. The van der Waals surface area contributed by atoms with Crippen LogP contribution in [0.4, 0.5) is 4.79 Å². The van der Waals surface area contributed by atoms with Gasteiger partial charge in [0, 0.05) is 19.6 Å². The molecule has 1 aromatic rings. The second-order valence-corrected chi connectivity index (χ2v) is 10.9. The van der Waals surface area contributed by atoms with E-state index in [1.54, 1.807) is 0 Å². The molecule has 1 heterocycles. The van der Waals surface area contributed by atoms with Crippen LogP contribution in [0.5, 0.6) is 0 Å². The number of benzene rings is 1. The van der Waals surface area contributed by atoms with E-state index in [2.05, 4.69) is 16.2 Å². The molecule has 0 radical (unpaired) electrons. The maximum atomic E-state index is 13.7. The summed E-state index contributed by atoms with van der Waals surface area (Å²) in [6.07, 6.45) is 6.44. The number of nitrogens with one attached hydrogen (secondary N) is 3. The Morgan fingerprint density at radius 3 is 2.38 bits per heavy atom. The lowest BCUT2D eigenvalue weighted by Crippen LogP contribution is -2.54. The number of ether oxygens (including phenoxy) is 1. The van der Waals surface area contributed by atoms with E-state index in [0.29, 0.717) is 19.4 Å². The van der Waals surface area contributed by atoms with E-state index >= 15 is 0 Å². The SMILES string of the molecule is CC(C)C[C@@H](C(=O)NN(CC(C)C)C(=O)CNC(N)=O)[C@H](C/C=C/c1ccccc1)C(=O)NOC1CCCCO1. The summed E-state index contributed by atoms with van der Waals surface area (Å²) in [7, 11) is 0. The first-order chi connectivity index (χ1) is 19.1. The Morgan fingerprint density at radius 2 is 1.77 bits per heavy atom. The van der Waals surface area contributed by atoms with Gasteiger partial charge in [0.2, 0.25) is 11.8 Å². The number of amides is 5. The Hall–Kier alpha value is -3.44. The number of hydrogen-bond acceptors (Lipinski definition) is 6. The first-order valence-electron chi connectivity index (χ1n) is 14.0. The third kappa shape index (κ3) is 12.2. The lowest BCUT2D eigenvalue weighted by molar-refractivity contribution is -0.203. The lowest BCUT2D eigenvalue weighted by Gasteiger charge is -2.31. The molecule has 1 aliphatic heterocycles. The van der Waals surface area contributed by atoms with Crippen molar-refractivity contribution < 1.29 is 28.8 Å². The van der Waals surface area contributed by atoms with Crippen molar-refractivity contribution in [3.8, 4) is 0 Å². The van der Waals surface area contributed by atoms with Gasteiger partial charge in [0.25, 0.3) is 5.91 Å². The fraction of sp³-hybridized carbons (Fsp3) is 0.586. The highest BCUT2D eigenvalue weighted by Gasteiger charge is 2.35. The quantitative estimate of drug-likeness (QED) is 0.257. The molecule has 1 fully saturated rings. The average molecular weight is 560 g/mol. The molecule has 0 saturated carbocycles. The van der Waals surface area contributed by atoms with Gasteiger partial charge in [0.15, 0.2) is 6.29 Å². The highest BCUT2D eigenvalue weighted by Crippen LogP contribution is 2.26. The highest BCUT2D eigenvalue weighted by atomic mass is 16.8. The summed E-state index contributed by atoms with van der Waals surface area (Å²) in [5, 5.41) is 3.44. The van der Waals surface area contributed by atoms with Crippen molar-refractivity contribution in [1.29, 1.82) is 0 Å². The predicted molar refractivity (Wildman–Crippen MR) is 152 cm³/mol. The summed E-state index contributed by atoms with van der Waals surface area (Å²) in [5.74, 6) is -2.88. The summed E-state index contributed by atoms with van der Waals surface area (Å²) in [6.45, 7) is 8.14. The molecule has 40 heavy (non-hydrogen) atoms. The Kier molecular flexibility index (Phi) is 14.2. The van der Waals surface area contributed by atoms with E-state index in [-0.39, 0.29) is 31.3 Å². The molecule has 1 unspecified atom stereocenters. The summed E-state index contributed by atoms with van der Waals surface area (Å²) in [6, 6.07) is 8.82.